The smallest absolute Gasteiger partial charge is 0.229 e. The Bertz CT molecular complexity index is 934. The van der Waals surface area contributed by atoms with Gasteiger partial charge in [-0.2, -0.15) is 0 Å². The van der Waals surface area contributed by atoms with Gasteiger partial charge in [-0.3, -0.25) is 4.72 Å². The fourth-order valence-electron chi connectivity index (χ4n) is 2.27. The summed E-state index contributed by atoms with van der Waals surface area (Å²) in [5.41, 5.74) is 1.96. The minimum absolute atomic E-state index is 0.195. The average molecular weight is 399 g/mol. The van der Waals surface area contributed by atoms with E-state index >= 15 is 0 Å². The fourth-order valence-corrected chi connectivity index (χ4v) is 3.34. The molecule has 0 atom stereocenters. The number of rotatable bonds is 7. The summed E-state index contributed by atoms with van der Waals surface area (Å²) in [5.74, 6) is 0.641. The van der Waals surface area contributed by atoms with Gasteiger partial charge in [-0.05, 0) is 29.3 Å². The van der Waals surface area contributed by atoms with Gasteiger partial charge in [-0.15, -0.1) is 0 Å². The highest BCUT2D eigenvalue weighted by Gasteiger charge is 2.11. The van der Waals surface area contributed by atoms with E-state index in [-0.39, 0.29) is 5.69 Å². The monoisotopic (exact) mass is 399 g/mol. The lowest BCUT2D eigenvalue weighted by atomic mass is 10.0. The molecule has 0 aliphatic heterocycles. The fraction of sp³-hybridized carbons (Fsp3) is 0.250. The van der Waals surface area contributed by atoms with Crippen LogP contribution in [0, 0.1) is 0 Å². The first-order chi connectivity index (χ1) is 12.0. The number of nitrogens with zero attached hydrogens (tertiary/aromatic N) is 1. The molecule has 0 aromatic heterocycles. The molecule has 0 saturated heterocycles. The van der Waals surface area contributed by atoms with Crippen LogP contribution < -0.4 is 14.2 Å². The average Bonchev–Trinajstić information content (AvgIpc) is 2.53. The van der Waals surface area contributed by atoms with Crippen LogP contribution in [0.5, 0.6) is 11.5 Å². The van der Waals surface area contributed by atoms with Crippen LogP contribution in [0.2, 0.25) is 0 Å². The number of benzene rings is 2. The number of hydrogen-bond donors (Lipinski definition) is 1. The van der Waals surface area contributed by atoms with Crippen LogP contribution in [0.4, 0.5) is 11.4 Å². The maximum Gasteiger partial charge on any atom is 0.229 e. The topological polar surface area (TPSA) is 113 Å². The molecule has 2 aromatic rings. The van der Waals surface area contributed by atoms with Crippen molar-refractivity contribution in [3.63, 3.8) is 0 Å². The van der Waals surface area contributed by atoms with Gasteiger partial charge in [0.15, 0.2) is 0 Å². The van der Waals surface area contributed by atoms with Gasteiger partial charge in [-0.25, -0.2) is 16.8 Å². The van der Waals surface area contributed by atoms with Crippen molar-refractivity contribution in [1.82, 2.24) is 0 Å². The first kappa shape index (κ1) is 19.9. The van der Waals surface area contributed by atoms with Gasteiger partial charge in [0.1, 0.15) is 11.5 Å². The van der Waals surface area contributed by atoms with Crippen molar-refractivity contribution in [3.8, 4) is 22.6 Å². The van der Waals surface area contributed by atoms with Crippen molar-refractivity contribution in [1.29, 1.82) is 0 Å². The molecule has 0 spiro atoms. The van der Waals surface area contributed by atoms with E-state index in [4.69, 9.17) is 9.47 Å². The van der Waals surface area contributed by atoms with Gasteiger partial charge in [0, 0.05) is 6.26 Å². The van der Waals surface area contributed by atoms with Crippen LogP contribution in [-0.4, -0.2) is 43.6 Å². The Morgan fingerprint density at radius 1 is 0.846 bits per heavy atom. The molecule has 142 valence electrons. The highest BCUT2D eigenvalue weighted by atomic mass is 32.2. The first-order valence-electron chi connectivity index (χ1n) is 7.29. The van der Waals surface area contributed by atoms with Crippen molar-refractivity contribution in [3.05, 3.63) is 41.1 Å². The van der Waals surface area contributed by atoms with E-state index in [0.717, 1.165) is 23.6 Å². The molecule has 1 N–H and O–H groups in total. The maximum absolute atomic E-state index is 11.4. The van der Waals surface area contributed by atoms with E-state index in [1.807, 2.05) is 0 Å². The number of nitrogens with one attached hydrogen (secondary N) is 1. The zero-order valence-corrected chi connectivity index (χ0v) is 16.3. The second-order valence-electron chi connectivity index (χ2n) is 5.50. The Morgan fingerprint density at radius 2 is 1.38 bits per heavy atom. The molecular formula is C16H19N2O6S2-. The molecule has 0 aliphatic carbocycles. The Hall–Kier alpha value is -2.46. The summed E-state index contributed by atoms with van der Waals surface area (Å²) in [6.07, 6.45) is 2.05. The third-order valence-corrected chi connectivity index (χ3v) is 4.39. The Balaban J connectivity index is 2.45. The Kier molecular flexibility index (Phi) is 5.67. The molecule has 0 amide bonds. The summed E-state index contributed by atoms with van der Waals surface area (Å²) < 4.78 is 62.0. The molecule has 0 bridgehead atoms. The van der Waals surface area contributed by atoms with Gasteiger partial charge in [-0.1, -0.05) is 23.9 Å². The lowest BCUT2D eigenvalue weighted by Crippen LogP contribution is -2.10. The van der Waals surface area contributed by atoms with Gasteiger partial charge in [0.05, 0.1) is 36.2 Å². The SMILES string of the molecule is COc1cc(-c2ccc(NS(C)(=O)=O)c(OC)c2)ccc1[N-]S(C)(=O)=O. The van der Waals surface area contributed by atoms with Crippen molar-refractivity contribution < 1.29 is 26.3 Å². The summed E-state index contributed by atoms with van der Waals surface area (Å²) in [6.45, 7) is 0. The second kappa shape index (κ2) is 7.42. The quantitative estimate of drug-likeness (QED) is 0.766. The highest BCUT2D eigenvalue weighted by molar-refractivity contribution is 7.93. The minimum atomic E-state index is -3.56. The largest absolute Gasteiger partial charge is 0.574 e. The summed E-state index contributed by atoms with van der Waals surface area (Å²) in [6, 6.07) is 9.81. The van der Waals surface area contributed by atoms with E-state index in [9.17, 15) is 16.8 Å². The van der Waals surface area contributed by atoms with E-state index in [1.165, 1.54) is 20.3 Å². The van der Waals surface area contributed by atoms with Crippen LogP contribution in [0.3, 0.4) is 0 Å². The molecule has 0 saturated carbocycles. The Morgan fingerprint density at radius 3 is 1.88 bits per heavy atom. The Labute approximate surface area is 153 Å². The molecule has 0 aliphatic rings. The minimum Gasteiger partial charge on any atom is -0.574 e. The summed E-state index contributed by atoms with van der Waals surface area (Å²) >= 11 is 0. The van der Waals surface area contributed by atoms with Crippen LogP contribution in [-0.2, 0) is 20.0 Å². The first-order valence-corrected chi connectivity index (χ1v) is 11.0. The van der Waals surface area contributed by atoms with Gasteiger partial charge >= 0.3 is 0 Å². The molecule has 0 fully saturated rings. The molecule has 0 unspecified atom stereocenters. The van der Waals surface area contributed by atoms with Crippen LogP contribution in [0.1, 0.15) is 0 Å². The number of sulfonamides is 2. The number of hydrogen-bond acceptors (Lipinski definition) is 6. The van der Waals surface area contributed by atoms with Crippen LogP contribution in [0.15, 0.2) is 36.4 Å². The van der Waals surface area contributed by atoms with Gasteiger partial charge in [0.2, 0.25) is 10.0 Å². The predicted octanol–water partition coefficient (Wildman–Crippen LogP) is 2.71. The van der Waals surface area contributed by atoms with E-state index in [1.54, 1.807) is 30.3 Å². The number of ether oxygens (including phenoxy) is 2. The molecule has 8 nitrogen and oxygen atoms in total. The molecule has 10 heteroatoms. The zero-order valence-electron chi connectivity index (χ0n) is 14.7. The third kappa shape index (κ3) is 5.27. The molecule has 2 aromatic carbocycles. The lowest BCUT2D eigenvalue weighted by molar-refractivity contribution is 0.416. The van der Waals surface area contributed by atoms with Crippen LogP contribution >= 0.6 is 0 Å². The van der Waals surface area contributed by atoms with Crippen molar-refractivity contribution in [2.75, 3.05) is 31.5 Å². The zero-order chi connectivity index (χ0) is 19.5. The normalized spacial score (nSPS) is 11.7. The van der Waals surface area contributed by atoms with E-state index in [2.05, 4.69) is 9.44 Å². The molecule has 2 rings (SSSR count). The second-order valence-corrected chi connectivity index (χ2v) is 8.90. The number of methoxy groups -OCH3 is 2. The lowest BCUT2D eigenvalue weighted by Gasteiger charge is -2.22. The van der Waals surface area contributed by atoms with Crippen LogP contribution in [0.25, 0.3) is 15.8 Å². The van der Waals surface area contributed by atoms with Crippen molar-refractivity contribution in [2.24, 2.45) is 0 Å². The number of anilines is 1. The third-order valence-electron chi connectivity index (χ3n) is 3.27. The standard InChI is InChI=1S/C16H19N2O6S2/c1-23-15-9-11(5-7-13(15)17-25(3,19)20)12-6-8-14(16(10-12)24-2)18-26(4,21)22/h5-10,17H,1-4H3/q-1. The predicted molar refractivity (Wildman–Crippen MR) is 101 cm³/mol. The molecular weight excluding hydrogens is 380 g/mol. The van der Waals surface area contributed by atoms with E-state index < -0.39 is 20.0 Å². The van der Waals surface area contributed by atoms with Gasteiger partial charge in [0.25, 0.3) is 0 Å². The molecule has 0 radical (unpaired) electrons. The van der Waals surface area contributed by atoms with Gasteiger partial charge < -0.3 is 14.2 Å². The maximum atomic E-state index is 11.4. The van der Waals surface area contributed by atoms with Crippen molar-refractivity contribution in [2.45, 2.75) is 0 Å². The van der Waals surface area contributed by atoms with Crippen molar-refractivity contribution >= 4 is 31.4 Å². The molecule has 26 heavy (non-hydrogen) atoms. The van der Waals surface area contributed by atoms with E-state index in [0.29, 0.717) is 17.2 Å². The summed E-state index contributed by atoms with van der Waals surface area (Å²) in [5, 5.41) is 0. The summed E-state index contributed by atoms with van der Waals surface area (Å²) in [4.78, 5) is 0. The molecule has 0 heterocycles. The highest BCUT2D eigenvalue weighted by Crippen LogP contribution is 2.38. The summed E-state index contributed by atoms with van der Waals surface area (Å²) in [7, 11) is -4.15.